The third kappa shape index (κ3) is 4.03. The number of benzene rings is 1. The van der Waals surface area contributed by atoms with Crippen LogP contribution in [0.15, 0.2) is 22.7 Å². The number of anilines is 1. The molecule has 0 aromatic heterocycles. The lowest BCUT2D eigenvalue weighted by Gasteiger charge is -2.28. The van der Waals surface area contributed by atoms with Crippen molar-refractivity contribution >= 4 is 39.7 Å². The van der Waals surface area contributed by atoms with Crippen molar-refractivity contribution in [1.82, 2.24) is 0 Å². The van der Waals surface area contributed by atoms with Crippen LogP contribution in [-0.4, -0.2) is 31.4 Å². The van der Waals surface area contributed by atoms with Crippen molar-refractivity contribution in [3.63, 3.8) is 0 Å². The molecular formula is C13H18BrNOS. The minimum absolute atomic E-state index is 0.433. The SMILES string of the molecule is CSCCC(C)N(C)c1ccc(Br)cc1C=O. The van der Waals surface area contributed by atoms with Gasteiger partial charge in [0, 0.05) is 28.8 Å². The summed E-state index contributed by atoms with van der Waals surface area (Å²) in [6.07, 6.45) is 4.15. The Morgan fingerprint density at radius 3 is 2.82 bits per heavy atom. The van der Waals surface area contributed by atoms with E-state index in [4.69, 9.17) is 0 Å². The Hall–Kier alpha value is -0.480. The summed E-state index contributed by atoms with van der Waals surface area (Å²) in [5.74, 6) is 1.14. The molecule has 2 nitrogen and oxygen atoms in total. The topological polar surface area (TPSA) is 20.3 Å². The molecule has 0 fully saturated rings. The number of thioether (sulfide) groups is 1. The van der Waals surface area contributed by atoms with Crippen LogP contribution in [0.4, 0.5) is 5.69 Å². The van der Waals surface area contributed by atoms with Gasteiger partial charge in [-0.2, -0.15) is 11.8 Å². The summed E-state index contributed by atoms with van der Waals surface area (Å²) in [6, 6.07) is 6.26. The van der Waals surface area contributed by atoms with Crippen molar-refractivity contribution in [1.29, 1.82) is 0 Å². The van der Waals surface area contributed by atoms with Gasteiger partial charge in [-0.3, -0.25) is 4.79 Å². The fraction of sp³-hybridized carbons (Fsp3) is 0.462. The molecule has 1 aromatic rings. The van der Waals surface area contributed by atoms with Crippen LogP contribution in [0.2, 0.25) is 0 Å². The number of rotatable bonds is 6. The molecule has 17 heavy (non-hydrogen) atoms. The molecule has 0 aliphatic rings. The molecule has 0 N–H and O–H groups in total. The van der Waals surface area contributed by atoms with Gasteiger partial charge in [-0.05, 0) is 43.6 Å². The predicted octanol–water partition coefficient (Wildman–Crippen LogP) is 3.84. The number of hydrogen-bond acceptors (Lipinski definition) is 3. The quantitative estimate of drug-likeness (QED) is 0.744. The Labute approximate surface area is 116 Å². The van der Waals surface area contributed by atoms with E-state index in [0.29, 0.717) is 6.04 Å². The molecule has 1 atom stereocenters. The standard InChI is InChI=1S/C13H18BrNOS/c1-10(6-7-17-3)15(2)13-5-4-12(14)8-11(13)9-16/h4-5,8-10H,6-7H2,1-3H3. The van der Waals surface area contributed by atoms with E-state index in [0.717, 1.165) is 34.2 Å². The van der Waals surface area contributed by atoms with Crippen LogP contribution in [0.25, 0.3) is 0 Å². The number of aldehydes is 1. The molecule has 1 rings (SSSR count). The fourth-order valence-corrected chi connectivity index (χ4v) is 2.62. The second-order valence-electron chi connectivity index (χ2n) is 4.06. The van der Waals surface area contributed by atoms with Gasteiger partial charge >= 0.3 is 0 Å². The van der Waals surface area contributed by atoms with Gasteiger partial charge in [-0.15, -0.1) is 0 Å². The van der Waals surface area contributed by atoms with Crippen molar-refractivity contribution in [2.45, 2.75) is 19.4 Å². The van der Waals surface area contributed by atoms with E-state index >= 15 is 0 Å². The third-order valence-electron chi connectivity index (χ3n) is 2.90. The molecule has 0 spiro atoms. The summed E-state index contributed by atoms with van der Waals surface area (Å²) in [5, 5.41) is 0. The number of hydrogen-bond donors (Lipinski definition) is 0. The van der Waals surface area contributed by atoms with Gasteiger partial charge in [0.15, 0.2) is 6.29 Å². The first kappa shape index (κ1) is 14.6. The Kier molecular flexibility index (Phi) is 6.06. The maximum atomic E-state index is 11.1. The van der Waals surface area contributed by atoms with Crippen LogP contribution in [0.1, 0.15) is 23.7 Å². The van der Waals surface area contributed by atoms with E-state index < -0.39 is 0 Å². The van der Waals surface area contributed by atoms with Gasteiger partial charge in [0.1, 0.15) is 0 Å². The van der Waals surface area contributed by atoms with Crippen LogP contribution in [0.5, 0.6) is 0 Å². The van der Waals surface area contributed by atoms with Crippen molar-refractivity contribution in [2.24, 2.45) is 0 Å². The molecule has 0 bridgehead atoms. The van der Waals surface area contributed by atoms with Crippen LogP contribution >= 0.6 is 27.7 Å². The lowest BCUT2D eigenvalue weighted by molar-refractivity contribution is 0.112. The zero-order valence-corrected chi connectivity index (χ0v) is 12.8. The smallest absolute Gasteiger partial charge is 0.152 e. The molecule has 1 unspecified atom stereocenters. The van der Waals surface area contributed by atoms with Crippen LogP contribution in [0.3, 0.4) is 0 Å². The molecule has 0 aliphatic carbocycles. The van der Waals surface area contributed by atoms with Crippen molar-refractivity contribution in [3.8, 4) is 0 Å². The maximum Gasteiger partial charge on any atom is 0.152 e. The molecular weight excluding hydrogens is 298 g/mol. The number of carbonyl (C=O) groups is 1. The normalized spacial score (nSPS) is 12.2. The minimum atomic E-state index is 0.433. The summed E-state index contributed by atoms with van der Waals surface area (Å²) in [6.45, 7) is 2.19. The molecule has 0 amide bonds. The zero-order valence-electron chi connectivity index (χ0n) is 10.4. The lowest BCUT2D eigenvalue weighted by Crippen LogP contribution is -2.30. The second-order valence-corrected chi connectivity index (χ2v) is 5.96. The van der Waals surface area contributed by atoms with Crippen LogP contribution in [-0.2, 0) is 0 Å². The first-order valence-corrected chi connectivity index (χ1v) is 7.75. The van der Waals surface area contributed by atoms with E-state index in [9.17, 15) is 4.79 Å². The van der Waals surface area contributed by atoms with E-state index in [1.807, 2.05) is 37.0 Å². The third-order valence-corrected chi connectivity index (χ3v) is 4.03. The Bertz CT molecular complexity index is 384. The molecule has 4 heteroatoms. The number of carbonyl (C=O) groups excluding carboxylic acids is 1. The highest BCUT2D eigenvalue weighted by Crippen LogP contribution is 2.24. The summed E-state index contributed by atoms with van der Waals surface area (Å²) >= 11 is 5.24. The molecule has 0 aliphatic heterocycles. The average Bonchev–Trinajstić information content (AvgIpc) is 2.34. The van der Waals surface area contributed by atoms with E-state index in [-0.39, 0.29) is 0 Å². The highest BCUT2D eigenvalue weighted by molar-refractivity contribution is 9.10. The van der Waals surface area contributed by atoms with Gasteiger partial charge in [-0.25, -0.2) is 0 Å². The summed E-state index contributed by atoms with van der Waals surface area (Å²) in [4.78, 5) is 13.2. The van der Waals surface area contributed by atoms with Gasteiger partial charge in [0.05, 0.1) is 0 Å². The molecule has 0 saturated carbocycles. The Morgan fingerprint density at radius 1 is 1.53 bits per heavy atom. The molecule has 1 aromatic carbocycles. The van der Waals surface area contributed by atoms with Gasteiger partial charge in [0.25, 0.3) is 0 Å². The minimum Gasteiger partial charge on any atom is -0.371 e. The summed E-state index contributed by atoms with van der Waals surface area (Å²) in [5.41, 5.74) is 1.73. The fourth-order valence-electron chi connectivity index (χ4n) is 1.66. The number of halogens is 1. The predicted molar refractivity (Wildman–Crippen MR) is 80.4 cm³/mol. The average molecular weight is 316 g/mol. The second kappa shape index (κ2) is 7.07. The maximum absolute atomic E-state index is 11.1. The van der Waals surface area contributed by atoms with E-state index in [1.165, 1.54) is 0 Å². The first-order valence-electron chi connectivity index (χ1n) is 5.56. The monoisotopic (exact) mass is 315 g/mol. The van der Waals surface area contributed by atoms with Gasteiger partial charge < -0.3 is 4.90 Å². The Morgan fingerprint density at radius 2 is 2.24 bits per heavy atom. The first-order chi connectivity index (χ1) is 8.10. The summed E-state index contributed by atoms with van der Waals surface area (Å²) < 4.78 is 0.938. The zero-order chi connectivity index (χ0) is 12.8. The highest BCUT2D eigenvalue weighted by atomic mass is 79.9. The molecule has 0 saturated heterocycles. The summed E-state index contributed by atoms with van der Waals surface area (Å²) in [7, 11) is 2.04. The number of nitrogens with zero attached hydrogens (tertiary/aromatic N) is 1. The van der Waals surface area contributed by atoms with E-state index in [2.05, 4.69) is 34.0 Å². The molecule has 0 radical (unpaired) electrons. The van der Waals surface area contributed by atoms with Gasteiger partial charge in [-0.1, -0.05) is 15.9 Å². The van der Waals surface area contributed by atoms with Crippen molar-refractivity contribution in [3.05, 3.63) is 28.2 Å². The van der Waals surface area contributed by atoms with Crippen molar-refractivity contribution in [2.75, 3.05) is 24.0 Å². The highest BCUT2D eigenvalue weighted by Gasteiger charge is 2.13. The lowest BCUT2D eigenvalue weighted by atomic mass is 10.1. The Balaban J connectivity index is 2.87. The molecule has 0 heterocycles. The largest absolute Gasteiger partial charge is 0.371 e. The van der Waals surface area contributed by atoms with Crippen molar-refractivity contribution < 1.29 is 4.79 Å². The van der Waals surface area contributed by atoms with E-state index in [1.54, 1.807) is 0 Å². The van der Waals surface area contributed by atoms with Crippen LogP contribution < -0.4 is 4.90 Å². The molecule has 94 valence electrons. The van der Waals surface area contributed by atoms with Crippen LogP contribution in [0, 0.1) is 0 Å². The van der Waals surface area contributed by atoms with Gasteiger partial charge in [0.2, 0.25) is 0 Å².